The van der Waals surface area contributed by atoms with E-state index in [4.69, 9.17) is 4.74 Å². The molecule has 168 valence electrons. The van der Waals surface area contributed by atoms with Crippen molar-refractivity contribution in [2.75, 3.05) is 50.0 Å². The van der Waals surface area contributed by atoms with Crippen molar-refractivity contribution in [3.63, 3.8) is 0 Å². The van der Waals surface area contributed by atoms with Crippen molar-refractivity contribution >= 4 is 21.6 Å². The van der Waals surface area contributed by atoms with E-state index in [-0.39, 0.29) is 12.5 Å². The third-order valence-electron chi connectivity index (χ3n) is 5.45. The van der Waals surface area contributed by atoms with Crippen molar-refractivity contribution < 1.29 is 17.9 Å². The first-order chi connectivity index (χ1) is 14.8. The number of morpholine rings is 1. The molecule has 2 aromatic rings. The van der Waals surface area contributed by atoms with E-state index in [1.165, 1.54) is 10.6 Å². The molecule has 7 nitrogen and oxygen atoms in total. The number of carbonyl (C=O) groups excluding carboxylic acids is 1. The van der Waals surface area contributed by atoms with Gasteiger partial charge in [0, 0.05) is 31.7 Å². The lowest BCUT2D eigenvalue weighted by Crippen LogP contribution is -2.41. The van der Waals surface area contributed by atoms with Gasteiger partial charge in [-0.15, -0.1) is 0 Å². The van der Waals surface area contributed by atoms with Gasteiger partial charge in [-0.3, -0.25) is 14.0 Å². The number of carbonyl (C=O) groups is 1. The zero-order chi connectivity index (χ0) is 22.4. The minimum atomic E-state index is -3.47. The molecule has 0 aromatic heterocycles. The van der Waals surface area contributed by atoms with Gasteiger partial charge < -0.3 is 10.1 Å². The van der Waals surface area contributed by atoms with Gasteiger partial charge in [-0.2, -0.15) is 0 Å². The molecular weight excluding hydrogens is 414 g/mol. The Kier molecular flexibility index (Phi) is 7.69. The van der Waals surface area contributed by atoms with Gasteiger partial charge in [-0.25, -0.2) is 8.42 Å². The van der Waals surface area contributed by atoms with Crippen LogP contribution in [0.25, 0.3) is 0 Å². The van der Waals surface area contributed by atoms with Crippen LogP contribution in [0, 0.1) is 13.8 Å². The normalized spacial score (nSPS) is 14.9. The van der Waals surface area contributed by atoms with Gasteiger partial charge in [0.2, 0.25) is 10.0 Å². The van der Waals surface area contributed by atoms with Crippen LogP contribution in [0.1, 0.15) is 27.0 Å². The summed E-state index contributed by atoms with van der Waals surface area (Å²) in [4.78, 5) is 14.7. The Morgan fingerprint density at radius 2 is 1.68 bits per heavy atom. The number of nitrogens with one attached hydrogen (secondary N) is 1. The Bertz CT molecular complexity index is 980. The fraction of sp³-hybridized carbons (Fsp3) is 0.435. The Hall–Kier alpha value is -2.42. The maximum atomic E-state index is 12.5. The molecule has 1 fully saturated rings. The zero-order valence-electron chi connectivity index (χ0n) is 18.4. The highest BCUT2D eigenvalue weighted by Gasteiger charge is 2.21. The maximum Gasteiger partial charge on any atom is 0.251 e. The summed E-state index contributed by atoms with van der Waals surface area (Å²) in [5, 5.41) is 2.94. The third-order valence-corrected chi connectivity index (χ3v) is 6.56. The SMILES string of the molecule is Cc1cccc(C)c1N(Cc1ccc(C(=O)NCCN2CCOCC2)cc1)S(C)(=O)=O. The number of ether oxygens (including phenoxy) is 1. The predicted octanol–water partition coefficient (Wildman–Crippen LogP) is 2.33. The quantitative estimate of drug-likeness (QED) is 0.675. The van der Waals surface area contributed by atoms with Gasteiger partial charge in [0.05, 0.1) is 31.7 Å². The summed E-state index contributed by atoms with van der Waals surface area (Å²) >= 11 is 0. The van der Waals surface area contributed by atoms with Crippen molar-refractivity contribution in [3.8, 4) is 0 Å². The molecule has 0 aliphatic carbocycles. The largest absolute Gasteiger partial charge is 0.379 e. The molecule has 0 bridgehead atoms. The minimum Gasteiger partial charge on any atom is -0.379 e. The number of amides is 1. The van der Waals surface area contributed by atoms with Gasteiger partial charge in [0.25, 0.3) is 5.91 Å². The van der Waals surface area contributed by atoms with Crippen LogP contribution in [0.5, 0.6) is 0 Å². The molecule has 0 spiro atoms. The van der Waals surface area contributed by atoms with E-state index in [0.717, 1.165) is 49.5 Å². The molecule has 1 aliphatic rings. The second kappa shape index (κ2) is 10.3. The molecule has 1 N–H and O–H groups in total. The van der Waals surface area contributed by atoms with Crippen molar-refractivity contribution in [1.82, 2.24) is 10.2 Å². The van der Waals surface area contributed by atoms with E-state index in [1.54, 1.807) is 12.1 Å². The topological polar surface area (TPSA) is 79.0 Å². The molecule has 1 amide bonds. The summed E-state index contributed by atoms with van der Waals surface area (Å²) in [6, 6.07) is 12.8. The molecule has 0 atom stereocenters. The molecular formula is C23H31N3O4S. The maximum absolute atomic E-state index is 12.5. The van der Waals surface area contributed by atoms with Crippen LogP contribution in [0.3, 0.4) is 0 Å². The molecule has 1 saturated heterocycles. The highest BCUT2D eigenvalue weighted by molar-refractivity contribution is 7.92. The van der Waals surface area contributed by atoms with Gasteiger partial charge in [0.1, 0.15) is 0 Å². The van der Waals surface area contributed by atoms with E-state index in [1.807, 2.05) is 44.2 Å². The van der Waals surface area contributed by atoms with E-state index in [9.17, 15) is 13.2 Å². The van der Waals surface area contributed by atoms with Crippen LogP contribution in [-0.4, -0.2) is 64.9 Å². The highest BCUT2D eigenvalue weighted by atomic mass is 32.2. The lowest BCUT2D eigenvalue weighted by Gasteiger charge is -2.26. The summed E-state index contributed by atoms with van der Waals surface area (Å²) in [5.41, 5.74) is 3.89. The van der Waals surface area contributed by atoms with Crippen molar-refractivity contribution in [1.29, 1.82) is 0 Å². The van der Waals surface area contributed by atoms with Crippen LogP contribution in [0.2, 0.25) is 0 Å². The van der Waals surface area contributed by atoms with Gasteiger partial charge in [0.15, 0.2) is 0 Å². The van der Waals surface area contributed by atoms with Crippen molar-refractivity contribution in [2.24, 2.45) is 0 Å². The van der Waals surface area contributed by atoms with Crippen LogP contribution in [0.15, 0.2) is 42.5 Å². The lowest BCUT2D eigenvalue weighted by molar-refractivity contribution is 0.0383. The number of benzene rings is 2. The Morgan fingerprint density at radius 1 is 1.06 bits per heavy atom. The number of rotatable bonds is 8. The third kappa shape index (κ3) is 6.29. The fourth-order valence-electron chi connectivity index (χ4n) is 3.74. The molecule has 0 radical (unpaired) electrons. The summed E-state index contributed by atoms with van der Waals surface area (Å²) in [6.45, 7) is 8.66. The number of para-hydroxylation sites is 1. The van der Waals surface area contributed by atoms with Gasteiger partial charge in [-0.05, 0) is 42.7 Å². The molecule has 1 heterocycles. The first kappa shape index (κ1) is 23.2. The average Bonchev–Trinajstić information content (AvgIpc) is 2.73. The first-order valence-electron chi connectivity index (χ1n) is 10.5. The van der Waals surface area contributed by atoms with Gasteiger partial charge in [-0.1, -0.05) is 30.3 Å². The molecule has 0 saturated carbocycles. The van der Waals surface area contributed by atoms with E-state index in [2.05, 4.69) is 10.2 Å². The number of nitrogens with zero attached hydrogens (tertiary/aromatic N) is 2. The number of hydrogen-bond acceptors (Lipinski definition) is 5. The summed E-state index contributed by atoms with van der Waals surface area (Å²) in [5.74, 6) is -0.130. The number of aryl methyl sites for hydroxylation is 2. The molecule has 0 unspecified atom stereocenters. The second-order valence-electron chi connectivity index (χ2n) is 7.92. The first-order valence-corrected chi connectivity index (χ1v) is 12.3. The smallest absolute Gasteiger partial charge is 0.251 e. The Morgan fingerprint density at radius 3 is 2.26 bits per heavy atom. The van der Waals surface area contributed by atoms with E-state index >= 15 is 0 Å². The Labute approximate surface area is 185 Å². The summed E-state index contributed by atoms with van der Waals surface area (Å²) in [7, 11) is -3.47. The standard InChI is InChI=1S/C23H31N3O4S/c1-18-5-4-6-19(2)22(18)26(31(3,28)29)17-20-7-9-21(10-8-20)23(27)24-11-12-25-13-15-30-16-14-25/h4-10H,11-17H2,1-3H3,(H,24,27). The second-order valence-corrected chi connectivity index (χ2v) is 9.82. The number of hydrogen-bond donors (Lipinski definition) is 1. The van der Waals surface area contributed by atoms with Crippen LogP contribution < -0.4 is 9.62 Å². The summed E-state index contributed by atoms with van der Waals surface area (Å²) in [6.07, 6.45) is 1.22. The number of anilines is 1. The molecule has 8 heteroatoms. The minimum absolute atomic E-state index is 0.130. The monoisotopic (exact) mass is 445 g/mol. The van der Waals surface area contributed by atoms with Gasteiger partial charge >= 0.3 is 0 Å². The van der Waals surface area contributed by atoms with E-state index in [0.29, 0.717) is 17.8 Å². The number of sulfonamides is 1. The molecule has 3 rings (SSSR count). The molecule has 31 heavy (non-hydrogen) atoms. The fourth-order valence-corrected chi connectivity index (χ4v) is 4.75. The van der Waals surface area contributed by atoms with Crippen LogP contribution >= 0.6 is 0 Å². The summed E-state index contributed by atoms with van der Waals surface area (Å²) < 4.78 is 31.8. The highest BCUT2D eigenvalue weighted by Crippen LogP contribution is 2.28. The van der Waals surface area contributed by atoms with E-state index < -0.39 is 10.0 Å². The van der Waals surface area contributed by atoms with Crippen LogP contribution in [0.4, 0.5) is 5.69 Å². The zero-order valence-corrected chi connectivity index (χ0v) is 19.2. The van der Waals surface area contributed by atoms with Crippen molar-refractivity contribution in [3.05, 3.63) is 64.7 Å². The predicted molar refractivity (Wildman–Crippen MR) is 123 cm³/mol. The average molecular weight is 446 g/mol. The molecule has 1 aliphatic heterocycles. The van der Waals surface area contributed by atoms with Crippen molar-refractivity contribution in [2.45, 2.75) is 20.4 Å². The molecule has 2 aromatic carbocycles. The van der Waals surface area contributed by atoms with Crippen LogP contribution in [-0.2, 0) is 21.3 Å². The lowest BCUT2D eigenvalue weighted by atomic mass is 10.1. The Balaban J connectivity index is 1.64.